The molecule has 5 nitrogen and oxygen atoms in total. The maximum Gasteiger partial charge on any atom is 0.131 e. The molecule has 186 valence electrons. The summed E-state index contributed by atoms with van der Waals surface area (Å²) < 4.78 is 20.1. The number of methoxy groups -OCH3 is 1. The summed E-state index contributed by atoms with van der Waals surface area (Å²) in [5.74, 6) is 0.986. The minimum atomic E-state index is -0.290. The van der Waals surface area contributed by atoms with Gasteiger partial charge in [0, 0.05) is 55.3 Å². The van der Waals surface area contributed by atoms with Gasteiger partial charge in [0.05, 0.1) is 12.8 Å². The molecule has 0 aliphatic carbocycles. The molecule has 1 aromatic carbocycles. The van der Waals surface area contributed by atoms with Gasteiger partial charge in [-0.25, -0.2) is 4.39 Å². The highest BCUT2D eigenvalue weighted by atomic mass is 19.1. The Morgan fingerprint density at radius 1 is 1.35 bits per heavy atom. The average molecular weight is 469 g/mol. The van der Waals surface area contributed by atoms with E-state index < -0.39 is 0 Å². The van der Waals surface area contributed by atoms with Gasteiger partial charge in [0.25, 0.3) is 0 Å². The molecule has 0 bridgehead atoms. The van der Waals surface area contributed by atoms with Gasteiger partial charge in [-0.1, -0.05) is 19.9 Å². The first-order chi connectivity index (χ1) is 16.4. The lowest BCUT2D eigenvalue weighted by molar-refractivity contribution is 0.121. The monoisotopic (exact) mass is 468 g/mol. The first-order valence-electron chi connectivity index (χ1n) is 12.6. The van der Waals surface area contributed by atoms with Crippen LogP contribution in [0.3, 0.4) is 0 Å². The Hall–Kier alpha value is -2.31. The Morgan fingerprint density at radius 3 is 2.91 bits per heavy atom. The summed E-state index contributed by atoms with van der Waals surface area (Å²) in [4.78, 5) is 11.8. The molecular weight excluding hydrogens is 427 g/mol. The van der Waals surface area contributed by atoms with Crippen LogP contribution in [-0.2, 0) is 0 Å². The smallest absolute Gasteiger partial charge is 0.131 e. The Labute approximate surface area is 204 Å². The zero-order valence-electron chi connectivity index (χ0n) is 21.5. The molecule has 2 atom stereocenters. The van der Waals surface area contributed by atoms with Crippen LogP contribution in [0.1, 0.15) is 58.4 Å². The van der Waals surface area contributed by atoms with Crippen LogP contribution in [0.2, 0.25) is 0 Å². The number of hydrogen-bond acceptors (Lipinski definition) is 5. The number of ether oxygens (including phenoxy) is 1. The van der Waals surface area contributed by atoms with Gasteiger partial charge < -0.3 is 10.1 Å². The Morgan fingerprint density at radius 2 is 2.18 bits per heavy atom. The predicted octanol–water partition coefficient (Wildman–Crippen LogP) is 5.53. The summed E-state index contributed by atoms with van der Waals surface area (Å²) in [5, 5.41) is 3.68. The molecule has 2 heterocycles. The minimum Gasteiger partial charge on any atom is -0.497 e. The summed E-state index contributed by atoms with van der Waals surface area (Å²) in [6.07, 6.45) is 10.8. The van der Waals surface area contributed by atoms with E-state index >= 15 is 0 Å². The van der Waals surface area contributed by atoms with Crippen molar-refractivity contribution in [1.82, 2.24) is 10.2 Å². The average Bonchev–Trinajstić information content (AvgIpc) is 3.07. The van der Waals surface area contributed by atoms with Gasteiger partial charge in [-0.2, -0.15) is 0 Å². The van der Waals surface area contributed by atoms with Gasteiger partial charge in [-0.05, 0) is 75.8 Å². The van der Waals surface area contributed by atoms with Crippen LogP contribution in [0.15, 0.2) is 46.0 Å². The number of halogens is 1. The van der Waals surface area contributed by atoms with Crippen LogP contribution in [0.4, 0.5) is 4.39 Å². The van der Waals surface area contributed by atoms with Crippen LogP contribution in [0, 0.1) is 11.7 Å². The first kappa shape index (κ1) is 26.3. The van der Waals surface area contributed by atoms with E-state index in [0.29, 0.717) is 29.3 Å². The lowest BCUT2D eigenvalue weighted by Gasteiger charge is -2.40. The van der Waals surface area contributed by atoms with Gasteiger partial charge in [0.15, 0.2) is 0 Å². The highest BCUT2D eigenvalue weighted by Crippen LogP contribution is 2.29. The van der Waals surface area contributed by atoms with Crippen LogP contribution in [0.5, 0.6) is 5.75 Å². The van der Waals surface area contributed by atoms with E-state index in [-0.39, 0.29) is 5.82 Å². The second-order valence-electron chi connectivity index (χ2n) is 9.70. The highest BCUT2D eigenvalue weighted by molar-refractivity contribution is 6.12. The van der Waals surface area contributed by atoms with Crippen LogP contribution < -0.4 is 10.1 Å². The van der Waals surface area contributed by atoms with Crippen molar-refractivity contribution in [2.45, 2.75) is 65.0 Å². The number of unbranched alkanes of at least 4 members (excludes halogenated alkanes) is 1. The largest absolute Gasteiger partial charge is 0.497 e. The molecule has 34 heavy (non-hydrogen) atoms. The fraction of sp³-hybridized carbons (Fsp3) is 0.571. The third-order valence-electron chi connectivity index (χ3n) is 6.83. The molecule has 0 spiro atoms. The third-order valence-corrected chi connectivity index (χ3v) is 6.83. The van der Waals surface area contributed by atoms with E-state index in [1.807, 2.05) is 0 Å². The molecule has 1 aromatic rings. The number of nitrogens with one attached hydrogen (secondary N) is 1. The van der Waals surface area contributed by atoms with Crippen molar-refractivity contribution < 1.29 is 9.13 Å². The zero-order chi connectivity index (χ0) is 24.5. The van der Waals surface area contributed by atoms with E-state index in [4.69, 9.17) is 9.73 Å². The summed E-state index contributed by atoms with van der Waals surface area (Å²) in [5.41, 5.74) is 3.16. The maximum absolute atomic E-state index is 14.7. The normalized spacial score (nSPS) is 23.3. The van der Waals surface area contributed by atoms with E-state index in [0.717, 1.165) is 68.7 Å². The highest BCUT2D eigenvalue weighted by Gasteiger charge is 2.26. The van der Waals surface area contributed by atoms with Crippen LogP contribution >= 0.6 is 0 Å². The van der Waals surface area contributed by atoms with Crippen LogP contribution in [-0.4, -0.2) is 62.7 Å². The zero-order valence-corrected chi connectivity index (χ0v) is 21.5. The standard InChI is InChI=1S/C28H41FN4O/c1-20(2)28-19-33(21(3)17-31-28)15-9-8-11-22-10-6-7-12-27(32-22)25(18-30-4)24-16-23(34-5)13-14-26(24)29/h6,10,13-14,16,18,20-21,28,31H,7-9,11-12,15,17,19H2,1-5H3/b27-25-,30-18?. The van der Waals surface area contributed by atoms with Crippen molar-refractivity contribution in [3.63, 3.8) is 0 Å². The predicted molar refractivity (Wildman–Crippen MR) is 142 cm³/mol. The number of rotatable bonds is 9. The number of piperazine rings is 1. The van der Waals surface area contributed by atoms with Gasteiger partial charge in [0.2, 0.25) is 0 Å². The van der Waals surface area contributed by atoms with Crippen molar-refractivity contribution in [3.05, 3.63) is 47.4 Å². The van der Waals surface area contributed by atoms with Crippen molar-refractivity contribution in [3.8, 4) is 5.75 Å². The second-order valence-corrected chi connectivity index (χ2v) is 9.70. The van der Waals surface area contributed by atoms with E-state index in [1.54, 1.807) is 32.5 Å². The molecule has 2 aliphatic heterocycles. The van der Waals surface area contributed by atoms with Crippen molar-refractivity contribution >= 4 is 17.5 Å². The fourth-order valence-corrected chi connectivity index (χ4v) is 4.63. The SMILES string of the molecule is CN=C/C(=C1\CCC=CC(CCCCN2CC(C(C)C)NCC2C)=N1)c1cc(OC)ccc1F. The Balaban J connectivity index is 1.70. The summed E-state index contributed by atoms with van der Waals surface area (Å²) >= 11 is 0. The Bertz CT molecular complexity index is 934. The van der Waals surface area contributed by atoms with E-state index in [1.165, 1.54) is 6.07 Å². The molecular formula is C28H41FN4O. The molecule has 3 rings (SSSR count). The number of nitrogens with zero attached hydrogens (tertiary/aromatic N) is 3. The minimum absolute atomic E-state index is 0.290. The van der Waals surface area contributed by atoms with Crippen molar-refractivity contribution in [2.75, 3.05) is 33.8 Å². The number of benzene rings is 1. The molecule has 0 aromatic heterocycles. The Kier molecular flexibility index (Phi) is 10.0. The molecule has 0 saturated carbocycles. The first-order valence-corrected chi connectivity index (χ1v) is 12.6. The van der Waals surface area contributed by atoms with Crippen molar-refractivity contribution in [2.24, 2.45) is 15.9 Å². The van der Waals surface area contributed by atoms with Gasteiger partial charge in [0.1, 0.15) is 11.6 Å². The van der Waals surface area contributed by atoms with Gasteiger partial charge in [-0.15, -0.1) is 0 Å². The topological polar surface area (TPSA) is 49.2 Å². The number of allylic oxidation sites excluding steroid dienone is 4. The summed E-state index contributed by atoms with van der Waals surface area (Å²) in [6.45, 7) is 10.2. The van der Waals surface area contributed by atoms with Crippen molar-refractivity contribution in [1.29, 1.82) is 0 Å². The summed E-state index contributed by atoms with van der Waals surface area (Å²) in [7, 11) is 3.30. The molecule has 6 heteroatoms. The van der Waals surface area contributed by atoms with Gasteiger partial charge in [-0.3, -0.25) is 14.9 Å². The molecule has 2 unspecified atom stereocenters. The fourth-order valence-electron chi connectivity index (χ4n) is 4.63. The summed E-state index contributed by atoms with van der Waals surface area (Å²) in [6, 6.07) is 5.96. The molecule has 0 amide bonds. The molecule has 0 radical (unpaired) electrons. The van der Waals surface area contributed by atoms with Gasteiger partial charge >= 0.3 is 0 Å². The lowest BCUT2D eigenvalue weighted by atomic mass is 9.99. The van der Waals surface area contributed by atoms with E-state index in [9.17, 15) is 4.39 Å². The van der Waals surface area contributed by atoms with E-state index in [2.05, 4.69) is 48.1 Å². The molecule has 1 fully saturated rings. The van der Waals surface area contributed by atoms with Crippen LogP contribution in [0.25, 0.3) is 5.57 Å². The second kappa shape index (κ2) is 13.0. The third kappa shape index (κ3) is 7.09. The molecule has 1 saturated heterocycles. The number of hydrogen-bond donors (Lipinski definition) is 1. The molecule has 1 N–H and O–H groups in total. The lowest BCUT2D eigenvalue weighted by Crippen LogP contribution is -2.57. The molecule has 2 aliphatic rings. The maximum atomic E-state index is 14.7. The quantitative estimate of drug-likeness (QED) is 0.383. The number of aliphatic imine (C=N–C) groups is 2.